The van der Waals surface area contributed by atoms with Crippen molar-refractivity contribution < 1.29 is 13.2 Å². The molecule has 0 unspecified atom stereocenters. The highest BCUT2D eigenvalue weighted by Gasteiger charge is 2.38. The van der Waals surface area contributed by atoms with Crippen molar-refractivity contribution in [3.8, 4) is 0 Å². The third kappa shape index (κ3) is 2.70. The lowest BCUT2D eigenvalue weighted by molar-refractivity contribution is -0.119. The van der Waals surface area contributed by atoms with Crippen molar-refractivity contribution in [3.05, 3.63) is 54.1 Å². The summed E-state index contributed by atoms with van der Waals surface area (Å²) in [6.45, 7) is 0.0429. The van der Waals surface area contributed by atoms with E-state index in [1.54, 1.807) is 60.3 Å². The Morgan fingerprint density at radius 3 is 2.43 bits per heavy atom. The van der Waals surface area contributed by atoms with Gasteiger partial charge >= 0.3 is 0 Å². The molecule has 0 aromatic heterocycles. The summed E-state index contributed by atoms with van der Waals surface area (Å²) in [5.74, 6) is -1.14. The number of carbonyl (C=O) groups is 1. The SMILES string of the molecule is CSc1ccc(S(=O)(=O)N2C[C@@H](C(N)=O)c3ccccc32)cc1. The highest BCUT2D eigenvalue weighted by molar-refractivity contribution is 7.98. The highest BCUT2D eigenvalue weighted by atomic mass is 32.2. The van der Waals surface area contributed by atoms with Gasteiger partial charge in [-0.25, -0.2) is 8.42 Å². The first-order valence-electron chi connectivity index (χ1n) is 7.00. The zero-order valence-electron chi connectivity index (χ0n) is 12.5. The molecule has 120 valence electrons. The van der Waals surface area contributed by atoms with E-state index in [-0.39, 0.29) is 11.4 Å². The van der Waals surface area contributed by atoms with Crippen molar-refractivity contribution in [1.29, 1.82) is 0 Å². The van der Waals surface area contributed by atoms with Crippen LogP contribution < -0.4 is 10.0 Å². The number of primary amides is 1. The summed E-state index contributed by atoms with van der Waals surface area (Å²) in [7, 11) is -3.73. The van der Waals surface area contributed by atoms with E-state index < -0.39 is 21.8 Å². The van der Waals surface area contributed by atoms with Crippen LogP contribution in [0, 0.1) is 0 Å². The largest absolute Gasteiger partial charge is 0.369 e. The number of amides is 1. The lowest BCUT2D eigenvalue weighted by Crippen LogP contribution is -2.33. The molecule has 0 radical (unpaired) electrons. The van der Waals surface area contributed by atoms with Gasteiger partial charge in [-0.2, -0.15) is 0 Å². The van der Waals surface area contributed by atoms with Gasteiger partial charge in [-0.3, -0.25) is 9.10 Å². The van der Waals surface area contributed by atoms with Crippen molar-refractivity contribution >= 4 is 33.4 Å². The second-order valence-corrected chi connectivity index (χ2v) is 7.97. The third-order valence-electron chi connectivity index (χ3n) is 3.92. The van der Waals surface area contributed by atoms with Crippen LogP contribution in [-0.2, 0) is 14.8 Å². The van der Waals surface area contributed by atoms with E-state index in [0.717, 1.165) is 4.90 Å². The Bertz CT molecular complexity index is 848. The number of carbonyl (C=O) groups excluding carboxylic acids is 1. The number of sulfonamides is 1. The van der Waals surface area contributed by atoms with Crippen LogP contribution in [0.3, 0.4) is 0 Å². The van der Waals surface area contributed by atoms with Gasteiger partial charge in [-0.15, -0.1) is 11.8 Å². The van der Waals surface area contributed by atoms with Gasteiger partial charge in [-0.1, -0.05) is 18.2 Å². The molecule has 1 atom stereocenters. The van der Waals surface area contributed by atoms with Gasteiger partial charge in [0.1, 0.15) is 0 Å². The number of nitrogens with zero attached hydrogens (tertiary/aromatic N) is 1. The molecular weight excluding hydrogens is 332 g/mol. The number of thioether (sulfide) groups is 1. The van der Waals surface area contributed by atoms with Gasteiger partial charge in [-0.05, 0) is 42.2 Å². The van der Waals surface area contributed by atoms with E-state index in [4.69, 9.17) is 5.73 Å². The van der Waals surface area contributed by atoms with Gasteiger partial charge < -0.3 is 5.73 Å². The lowest BCUT2D eigenvalue weighted by atomic mass is 10.0. The molecule has 7 heteroatoms. The Labute approximate surface area is 139 Å². The molecule has 2 aromatic rings. The van der Waals surface area contributed by atoms with Crippen molar-refractivity contribution in [3.63, 3.8) is 0 Å². The fourth-order valence-electron chi connectivity index (χ4n) is 2.72. The summed E-state index contributed by atoms with van der Waals surface area (Å²) in [6.07, 6.45) is 1.93. The third-order valence-corrected chi connectivity index (χ3v) is 6.46. The molecule has 0 fully saturated rings. The predicted octanol–water partition coefficient (Wildman–Crippen LogP) is 2.19. The normalized spacial score (nSPS) is 17.1. The number of fused-ring (bicyclic) bond motifs is 1. The molecule has 3 rings (SSSR count). The second-order valence-electron chi connectivity index (χ2n) is 5.23. The first-order valence-corrected chi connectivity index (χ1v) is 9.66. The van der Waals surface area contributed by atoms with Crippen LogP contribution in [0.4, 0.5) is 5.69 Å². The van der Waals surface area contributed by atoms with Gasteiger partial charge in [0, 0.05) is 4.90 Å². The zero-order chi connectivity index (χ0) is 16.6. The fourth-order valence-corrected chi connectivity index (χ4v) is 4.63. The molecule has 1 heterocycles. The van der Waals surface area contributed by atoms with Gasteiger partial charge in [0.15, 0.2) is 0 Å². The van der Waals surface area contributed by atoms with Crippen molar-refractivity contribution in [2.45, 2.75) is 15.7 Å². The van der Waals surface area contributed by atoms with Crippen LogP contribution >= 0.6 is 11.8 Å². The summed E-state index contributed by atoms with van der Waals surface area (Å²) in [5, 5.41) is 0. The first kappa shape index (κ1) is 15.9. The topological polar surface area (TPSA) is 80.5 Å². The summed E-state index contributed by atoms with van der Waals surface area (Å²) in [6, 6.07) is 13.7. The van der Waals surface area contributed by atoms with Crippen LogP contribution in [-0.4, -0.2) is 27.1 Å². The van der Waals surface area contributed by atoms with Crippen LogP contribution in [0.1, 0.15) is 11.5 Å². The number of rotatable bonds is 4. The second kappa shape index (κ2) is 5.90. The van der Waals surface area contributed by atoms with E-state index >= 15 is 0 Å². The molecular formula is C16H16N2O3S2. The highest BCUT2D eigenvalue weighted by Crippen LogP contribution is 2.39. The minimum Gasteiger partial charge on any atom is -0.369 e. The Morgan fingerprint density at radius 2 is 1.83 bits per heavy atom. The molecule has 2 aromatic carbocycles. The average molecular weight is 348 g/mol. The molecule has 1 aliphatic heterocycles. The van der Waals surface area contributed by atoms with Gasteiger partial charge in [0.05, 0.1) is 23.0 Å². The van der Waals surface area contributed by atoms with Gasteiger partial charge in [0.25, 0.3) is 10.0 Å². The monoisotopic (exact) mass is 348 g/mol. The summed E-state index contributed by atoms with van der Waals surface area (Å²) in [5.41, 5.74) is 6.61. The molecule has 0 spiro atoms. The Morgan fingerprint density at radius 1 is 1.17 bits per heavy atom. The smallest absolute Gasteiger partial charge is 0.264 e. The van der Waals surface area contributed by atoms with E-state index in [9.17, 15) is 13.2 Å². The maximum absolute atomic E-state index is 12.9. The standard InChI is InChI=1S/C16H16N2O3S2/c1-22-11-6-8-12(9-7-11)23(20,21)18-10-14(16(17)19)13-4-2-3-5-15(13)18/h2-9,14H,10H2,1H3,(H2,17,19)/t14-/m1/s1. The molecule has 0 saturated carbocycles. The molecule has 0 bridgehead atoms. The quantitative estimate of drug-likeness (QED) is 0.859. The first-order chi connectivity index (χ1) is 10.9. The van der Waals surface area contributed by atoms with Crippen LogP contribution in [0.15, 0.2) is 58.3 Å². The molecule has 2 N–H and O–H groups in total. The zero-order valence-corrected chi connectivity index (χ0v) is 14.1. The summed E-state index contributed by atoms with van der Waals surface area (Å²) >= 11 is 1.54. The number of anilines is 1. The number of benzene rings is 2. The van der Waals surface area contributed by atoms with Gasteiger partial charge in [0.2, 0.25) is 5.91 Å². The average Bonchev–Trinajstić information content (AvgIpc) is 2.95. The van der Waals surface area contributed by atoms with E-state index in [2.05, 4.69) is 0 Å². The number of hydrogen-bond donors (Lipinski definition) is 1. The van der Waals surface area contributed by atoms with Crippen molar-refractivity contribution in [2.75, 3.05) is 17.1 Å². The van der Waals surface area contributed by atoms with E-state index in [1.807, 2.05) is 6.26 Å². The maximum atomic E-state index is 12.9. The predicted molar refractivity (Wildman–Crippen MR) is 91.1 cm³/mol. The van der Waals surface area contributed by atoms with E-state index in [0.29, 0.717) is 11.3 Å². The summed E-state index contributed by atoms with van der Waals surface area (Å²) < 4.78 is 27.1. The molecule has 1 aliphatic rings. The molecule has 1 amide bonds. The lowest BCUT2D eigenvalue weighted by Gasteiger charge is -2.20. The van der Waals surface area contributed by atoms with E-state index in [1.165, 1.54) is 4.31 Å². The molecule has 0 saturated heterocycles. The molecule has 5 nitrogen and oxygen atoms in total. The summed E-state index contributed by atoms with van der Waals surface area (Å²) in [4.78, 5) is 12.8. The molecule has 0 aliphatic carbocycles. The van der Waals surface area contributed by atoms with Crippen LogP contribution in [0.25, 0.3) is 0 Å². The maximum Gasteiger partial charge on any atom is 0.264 e. The minimum atomic E-state index is -3.73. The van der Waals surface area contributed by atoms with Crippen LogP contribution in [0.2, 0.25) is 0 Å². The Hall–Kier alpha value is -1.99. The number of hydrogen-bond acceptors (Lipinski definition) is 4. The Balaban J connectivity index is 2.05. The fraction of sp³-hybridized carbons (Fsp3) is 0.188. The number of para-hydroxylation sites is 1. The van der Waals surface area contributed by atoms with Crippen molar-refractivity contribution in [2.24, 2.45) is 5.73 Å². The van der Waals surface area contributed by atoms with Crippen molar-refractivity contribution in [1.82, 2.24) is 0 Å². The Kier molecular flexibility index (Phi) is 4.08. The van der Waals surface area contributed by atoms with Crippen LogP contribution in [0.5, 0.6) is 0 Å². The number of nitrogens with two attached hydrogens (primary N) is 1. The molecule has 23 heavy (non-hydrogen) atoms. The minimum absolute atomic E-state index is 0.0429.